The Labute approximate surface area is 188 Å². The first kappa shape index (κ1) is 22.3. The van der Waals surface area contributed by atoms with Crippen LogP contribution in [0.5, 0.6) is 0 Å². The number of nitrogens with one attached hydrogen (secondary N) is 1. The minimum atomic E-state index is -1.08. The molecule has 0 unspecified atom stereocenters. The molecule has 4 rings (SSSR count). The molecule has 2 heterocycles. The van der Waals surface area contributed by atoms with E-state index >= 15 is 0 Å². The van der Waals surface area contributed by atoms with E-state index in [-0.39, 0.29) is 30.5 Å². The second-order valence-electron chi connectivity index (χ2n) is 7.81. The van der Waals surface area contributed by atoms with Crippen LogP contribution in [-0.4, -0.2) is 45.3 Å². The molecule has 1 atom stereocenters. The number of nitrogens with zero attached hydrogens (tertiary/aromatic N) is 2. The fourth-order valence-electron chi connectivity index (χ4n) is 3.76. The van der Waals surface area contributed by atoms with E-state index in [1.807, 2.05) is 0 Å². The number of hydrogen-bond donors (Lipinski definition) is 1. The quantitative estimate of drug-likeness (QED) is 0.472. The molecule has 170 valence electrons. The van der Waals surface area contributed by atoms with E-state index in [1.54, 1.807) is 24.3 Å². The Morgan fingerprint density at radius 3 is 2.64 bits per heavy atom. The second kappa shape index (κ2) is 9.72. The highest BCUT2D eigenvalue weighted by Crippen LogP contribution is 2.19. The molecular formula is C24H22FN3O5. The smallest absolute Gasteiger partial charge is 0.307 e. The first-order valence-corrected chi connectivity index (χ1v) is 10.7. The number of hydrogen-bond acceptors (Lipinski definition) is 6. The van der Waals surface area contributed by atoms with Crippen molar-refractivity contribution >= 4 is 28.7 Å². The predicted molar refractivity (Wildman–Crippen MR) is 117 cm³/mol. The summed E-state index contributed by atoms with van der Waals surface area (Å²) in [5.41, 5.74) is 0.416. The zero-order chi connectivity index (χ0) is 23.4. The SMILES string of the molecule is O=C(CCc1nc2ccccc2c(=O)[nH]1)O[C@H]1CCCCN(C(=O)c2ccc(F)cc2)C1=O. The molecule has 8 nitrogen and oxygen atoms in total. The number of rotatable bonds is 5. The maximum Gasteiger partial charge on any atom is 0.307 e. The zero-order valence-electron chi connectivity index (χ0n) is 17.8. The summed E-state index contributed by atoms with van der Waals surface area (Å²) in [6, 6.07) is 11.8. The fourth-order valence-corrected chi connectivity index (χ4v) is 3.76. The van der Waals surface area contributed by atoms with Crippen molar-refractivity contribution in [3.8, 4) is 0 Å². The van der Waals surface area contributed by atoms with E-state index in [2.05, 4.69) is 9.97 Å². The van der Waals surface area contributed by atoms with Crippen molar-refractivity contribution in [2.45, 2.75) is 38.2 Å². The topological polar surface area (TPSA) is 109 Å². The Balaban J connectivity index is 1.40. The van der Waals surface area contributed by atoms with Crippen LogP contribution in [0.25, 0.3) is 10.9 Å². The van der Waals surface area contributed by atoms with E-state index in [1.165, 1.54) is 12.1 Å². The van der Waals surface area contributed by atoms with Gasteiger partial charge in [0, 0.05) is 18.5 Å². The van der Waals surface area contributed by atoms with E-state index in [4.69, 9.17) is 4.74 Å². The minimum Gasteiger partial charge on any atom is -0.452 e. The van der Waals surface area contributed by atoms with Crippen LogP contribution >= 0.6 is 0 Å². The standard InChI is InChI=1S/C24H22FN3O5/c25-16-10-8-15(9-11-16)23(31)28-14-4-3-7-19(24(28)32)33-21(29)13-12-20-26-18-6-2-1-5-17(18)22(30)27-20/h1-2,5-6,8-11,19H,3-4,7,12-14H2,(H,26,27,30)/t19-/m0/s1. The van der Waals surface area contributed by atoms with Crippen LogP contribution in [0.3, 0.4) is 0 Å². The van der Waals surface area contributed by atoms with Gasteiger partial charge in [-0.05, 0) is 55.7 Å². The molecular weight excluding hydrogens is 429 g/mol. The normalized spacial score (nSPS) is 16.5. The Bertz CT molecular complexity index is 1250. The molecule has 0 bridgehead atoms. The van der Waals surface area contributed by atoms with Crippen LogP contribution in [0.1, 0.15) is 41.9 Å². The number of carbonyl (C=O) groups is 3. The summed E-state index contributed by atoms with van der Waals surface area (Å²) in [4.78, 5) is 58.3. The predicted octanol–water partition coefficient (Wildman–Crippen LogP) is 2.76. The van der Waals surface area contributed by atoms with E-state index in [9.17, 15) is 23.6 Å². The van der Waals surface area contributed by atoms with Gasteiger partial charge in [0.05, 0.1) is 17.3 Å². The maximum atomic E-state index is 13.2. The third kappa shape index (κ3) is 5.14. The molecule has 1 aliphatic heterocycles. The number of halogens is 1. The van der Waals surface area contributed by atoms with Gasteiger partial charge in [0.2, 0.25) is 0 Å². The van der Waals surface area contributed by atoms with Crippen molar-refractivity contribution in [2.75, 3.05) is 6.54 Å². The van der Waals surface area contributed by atoms with Gasteiger partial charge in [-0.3, -0.25) is 24.1 Å². The third-order valence-electron chi connectivity index (χ3n) is 5.48. The Kier molecular flexibility index (Phi) is 6.58. The first-order valence-electron chi connectivity index (χ1n) is 10.7. The van der Waals surface area contributed by atoms with Gasteiger partial charge < -0.3 is 9.72 Å². The molecule has 1 aromatic heterocycles. The second-order valence-corrected chi connectivity index (χ2v) is 7.81. The van der Waals surface area contributed by atoms with Gasteiger partial charge in [0.15, 0.2) is 6.10 Å². The monoisotopic (exact) mass is 451 g/mol. The number of benzene rings is 2. The van der Waals surface area contributed by atoms with Gasteiger partial charge in [-0.25, -0.2) is 9.37 Å². The van der Waals surface area contributed by atoms with Gasteiger partial charge in [0.1, 0.15) is 11.6 Å². The largest absolute Gasteiger partial charge is 0.452 e. The van der Waals surface area contributed by atoms with Gasteiger partial charge in [0.25, 0.3) is 17.4 Å². The maximum absolute atomic E-state index is 13.2. The lowest BCUT2D eigenvalue weighted by molar-refractivity contribution is -0.158. The molecule has 1 N–H and O–H groups in total. The molecule has 1 aliphatic rings. The van der Waals surface area contributed by atoms with Crippen molar-refractivity contribution in [1.82, 2.24) is 14.9 Å². The molecule has 33 heavy (non-hydrogen) atoms. The number of aryl methyl sites for hydroxylation is 1. The van der Waals surface area contributed by atoms with Crippen molar-refractivity contribution < 1.29 is 23.5 Å². The first-order chi connectivity index (χ1) is 15.9. The summed E-state index contributed by atoms with van der Waals surface area (Å²) in [7, 11) is 0. The zero-order valence-corrected chi connectivity index (χ0v) is 17.8. The van der Waals surface area contributed by atoms with Crippen molar-refractivity contribution in [1.29, 1.82) is 0 Å². The number of imide groups is 1. The summed E-state index contributed by atoms with van der Waals surface area (Å²) in [6.45, 7) is 0.200. The Hall–Kier alpha value is -3.88. The van der Waals surface area contributed by atoms with Crippen LogP contribution in [0, 0.1) is 5.82 Å². The molecule has 1 saturated heterocycles. The number of para-hydroxylation sites is 1. The van der Waals surface area contributed by atoms with Crippen molar-refractivity contribution in [2.24, 2.45) is 0 Å². The average molecular weight is 451 g/mol. The Morgan fingerprint density at radius 2 is 1.85 bits per heavy atom. The number of carbonyl (C=O) groups excluding carboxylic acids is 3. The number of esters is 1. The minimum absolute atomic E-state index is 0.0863. The summed E-state index contributed by atoms with van der Waals surface area (Å²) in [6.07, 6.45) is 0.469. The summed E-state index contributed by atoms with van der Waals surface area (Å²) < 4.78 is 18.6. The van der Waals surface area contributed by atoms with E-state index < -0.39 is 29.7 Å². The lowest BCUT2D eigenvalue weighted by atomic mass is 10.1. The number of fused-ring (bicyclic) bond motifs is 1. The molecule has 0 spiro atoms. The average Bonchev–Trinajstić information content (AvgIpc) is 2.99. The summed E-state index contributed by atoms with van der Waals surface area (Å²) >= 11 is 0. The van der Waals surface area contributed by atoms with Crippen LogP contribution in [0.2, 0.25) is 0 Å². The highest BCUT2D eigenvalue weighted by Gasteiger charge is 2.34. The van der Waals surface area contributed by atoms with Crippen LogP contribution in [-0.2, 0) is 20.7 Å². The van der Waals surface area contributed by atoms with Crippen molar-refractivity contribution in [3.05, 3.63) is 76.1 Å². The van der Waals surface area contributed by atoms with Crippen LogP contribution < -0.4 is 5.56 Å². The van der Waals surface area contributed by atoms with Gasteiger partial charge in [-0.1, -0.05) is 12.1 Å². The number of aromatic amines is 1. The molecule has 3 aromatic rings. The molecule has 0 saturated carbocycles. The van der Waals surface area contributed by atoms with Crippen molar-refractivity contribution in [3.63, 3.8) is 0 Å². The van der Waals surface area contributed by atoms with Crippen LogP contribution in [0.15, 0.2) is 53.3 Å². The number of aromatic nitrogens is 2. The number of likely N-dealkylation sites (tertiary alicyclic amines) is 1. The number of ether oxygens (including phenoxy) is 1. The van der Waals surface area contributed by atoms with Gasteiger partial charge in [-0.2, -0.15) is 0 Å². The summed E-state index contributed by atoms with van der Waals surface area (Å²) in [5, 5.41) is 0.457. The molecule has 1 fully saturated rings. The third-order valence-corrected chi connectivity index (χ3v) is 5.48. The van der Waals surface area contributed by atoms with E-state index in [0.717, 1.165) is 17.0 Å². The lowest BCUT2D eigenvalue weighted by Crippen LogP contribution is -2.43. The molecule has 2 aromatic carbocycles. The van der Waals surface area contributed by atoms with Crippen LogP contribution in [0.4, 0.5) is 4.39 Å². The number of amides is 2. The molecule has 2 amide bonds. The fraction of sp³-hybridized carbons (Fsp3) is 0.292. The summed E-state index contributed by atoms with van der Waals surface area (Å²) in [5.74, 6) is -1.91. The van der Waals surface area contributed by atoms with E-state index in [0.29, 0.717) is 36.0 Å². The number of H-pyrrole nitrogens is 1. The van der Waals surface area contributed by atoms with Gasteiger partial charge >= 0.3 is 5.97 Å². The highest BCUT2D eigenvalue weighted by molar-refractivity contribution is 6.06. The highest BCUT2D eigenvalue weighted by atomic mass is 19.1. The molecule has 0 aliphatic carbocycles. The molecule has 0 radical (unpaired) electrons. The van der Waals surface area contributed by atoms with Gasteiger partial charge in [-0.15, -0.1) is 0 Å². The molecule has 9 heteroatoms. The Morgan fingerprint density at radius 1 is 1.09 bits per heavy atom. The lowest BCUT2D eigenvalue weighted by Gasteiger charge is -2.22.